The monoisotopic (exact) mass is 479 g/mol. The Kier molecular flexibility index (Phi) is 7.06. The van der Waals surface area contributed by atoms with Crippen LogP contribution in [0.1, 0.15) is 24.5 Å². The number of hydrogen-bond donors (Lipinski definition) is 2. The maximum atomic E-state index is 14.4. The van der Waals surface area contributed by atoms with Crippen LogP contribution in [-0.2, 0) is 17.8 Å². The van der Waals surface area contributed by atoms with E-state index in [-0.39, 0.29) is 37.2 Å². The van der Waals surface area contributed by atoms with Gasteiger partial charge in [0.25, 0.3) is 0 Å². The van der Waals surface area contributed by atoms with E-state index in [0.29, 0.717) is 5.56 Å². The number of piperidine rings is 1. The summed E-state index contributed by atoms with van der Waals surface area (Å²) in [5.41, 5.74) is 0.540. The molecule has 2 aromatic rings. The van der Waals surface area contributed by atoms with E-state index in [0.717, 1.165) is 17.0 Å². The number of carbonyl (C=O) groups is 2. The lowest BCUT2D eigenvalue weighted by atomic mass is 9.95. The first-order valence-corrected chi connectivity index (χ1v) is 11.1. The fourth-order valence-corrected chi connectivity index (χ4v) is 4.39. The molecule has 0 aromatic heterocycles. The average molecular weight is 479 g/mol. The Bertz CT molecular complexity index is 1060. The van der Waals surface area contributed by atoms with Gasteiger partial charge in [0.1, 0.15) is 24.1 Å². The fraction of sp³-hybridized carbons (Fsp3) is 0.417. The third-order valence-electron chi connectivity index (χ3n) is 6.22. The summed E-state index contributed by atoms with van der Waals surface area (Å²) in [6.07, 6.45) is -3.91. The highest BCUT2D eigenvalue weighted by molar-refractivity contribution is 5.87. The number of ether oxygens (including phenoxy) is 1. The summed E-state index contributed by atoms with van der Waals surface area (Å²) in [5, 5.41) is 5.47. The molecule has 0 radical (unpaired) electrons. The molecule has 0 saturated carbocycles. The Morgan fingerprint density at radius 3 is 2.65 bits per heavy atom. The Hall–Kier alpha value is -3.14. The molecule has 1 saturated heterocycles. The number of carbonyl (C=O) groups excluding carboxylic acids is 2. The second-order valence-electron chi connectivity index (χ2n) is 8.62. The van der Waals surface area contributed by atoms with Crippen LogP contribution in [0.3, 0.4) is 0 Å². The van der Waals surface area contributed by atoms with Crippen molar-refractivity contribution in [2.75, 3.05) is 6.54 Å². The molecule has 34 heavy (non-hydrogen) atoms. The van der Waals surface area contributed by atoms with Gasteiger partial charge in [-0.25, -0.2) is 22.4 Å². The Morgan fingerprint density at radius 2 is 1.94 bits per heavy atom. The normalized spacial score (nSPS) is 24.1. The highest BCUT2D eigenvalue weighted by Crippen LogP contribution is 2.31. The molecule has 2 aromatic carbocycles. The van der Waals surface area contributed by atoms with Crippen molar-refractivity contribution in [1.29, 1.82) is 0 Å². The summed E-state index contributed by atoms with van der Waals surface area (Å²) in [6.45, 7) is 1.17. The molecule has 0 aliphatic carbocycles. The minimum absolute atomic E-state index is 0.0290. The van der Waals surface area contributed by atoms with Crippen molar-refractivity contribution in [2.45, 2.75) is 56.8 Å². The lowest BCUT2D eigenvalue weighted by Gasteiger charge is -2.37. The number of rotatable bonds is 6. The van der Waals surface area contributed by atoms with E-state index >= 15 is 0 Å². The molecule has 182 valence electrons. The van der Waals surface area contributed by atoms with Gasteiger partial charge < -0.3 is 15.4 Å². The highest BCUT2D eigenvalue weighted by Gasteiger charge is 2.39. The second kappa shape index (κ2) is 10.0. The van der Waals surface area contributed by atoms with Crippen molar-refractivity contribution in [3.05, 3.63) is 65.2 Å². The Labute approximate surface area is 194 Å². The number of fused-ring (bicyclic) bond motifs is 1. The van der Waals surface area contributed by atoms with Crippen molar-refractivity contribution in [3.8, 4) is 5.75 Å². The molecule has 6 nitrogen and oxygen atoms in total. The first kappa shape index (κ1) is 24.0. The van der Waals surface area contributed by atoms with Gasteiger partial charge in [-0.2, -0.15) is 0 Å². The lowest BCUT2D eigenvalue weighted by molar-refractivity contribution is -0.127. The number of hydrogen-bond acceptors (Lipinski definition) is 4. The molecule has 2 aliphatic heterocycles. The highest BCUT2D eigenvalue weighted by atomic mass is 19.2. The topological polar surface area (TPSA) is 70.7 Å². The van der Waals surface area contributed by atoms with Gasteiger partial charge in [-0.15, -0.1) is 0 Å². The fourth-order valence-electron chi connectivity index (χ4n) is 4.39. The number of halogens is 4. The van der Waals surface area contributed by atoms with Crippen LogP contribution in [0.4, 0.5) is 22.4 Å². The summed E-state index contributed by atoms with van der Waals surface area (Å²) in [6, 6.07) is 8.17. The number of nitrogens with one attached hydrogen (secondary N) is 2. The van der Waals surface area contributed by atoms with Crippen molar-refractivity contribution >= 4 is 12.0 Å². The summed E-state index contributed by atoms with van der Waals surface area (Å²) < 4.78 is 61.3. The van der Waals surface area contributed by atoms with Gasteiger partial charge in [0.15, 0.2) is 11.6 Å². The van der Waals surface area contributed by atoms with E-state index in [2.05, 4.69) is 10.6 Å². The van der Waals surface area contributed by atoms with Gasteiger partial charge in [-0.3, -0.25) is 9.69 Å². The third-order valence-corrected chi connectivity index (χ3v) is 6.22. The van der Waals surface area contributed by atoms with E-state index in [1.54, 1.807) is 37.3 Å². The zero-order chi connectivity index (χ0) is 24.4. The number of benzene rings is 2. The van der Waals surface area contributed by atoms with Crippen molar-refractivity contribution in [2.24, 2.45) is 0 Å². The second-order valence-corrected chi connectivity index (χ2v) is 8.62. The average Bonchev–Trinajstić information content (AvgIpc) is 2.80. The first-order chi connectivity index (χ1) is 16.2. The molecule has 0 spiro atoms. The molecule has 2 amide bonds. The summed E-state index contributed by atoms with van der Waals surface area (Å²) in [7, 11) is 0. The molecule has 2 aliphatic rings. The lowest BCUT2D eigenvalue weighted by Crippen LogP contribution is -2.61. The molecule has 2 N–H and O–H groups in total. The van der Waals surface area contributed by atoms with Crippen molar-refractivity contribution in [3.63, 3.8) is 0 Å². The summed E-state index contributed by atoms with van der Waals surface area (Å²) in [5.74, 6) is -2.99. The largest absolute Gasteiger partial charge is 0.416 e. The predicted octanol–water partition coefficient (Wildman–Crippen LogP) is 3.43. The standard InChI is InChI=1S/C24H25F4N3O3/c1-13(22-18(27)10-15(25)11-29-22)30-23(32)19(9-14-5-3-2-4-6-14)31-12-16-20(34-24(31)33)8-7-17(26)21(16)28/h2-8,13,15,18-19,22,29H,9-12H2,1H3,(H,30,32)/t13-,15?,18?,19-,22?/m1/s1. The van der Waals surface area contributed by atoms with Crippen LogP contribution in [0.5, 0.6) is 5.75 Å². The molecule has 0 bridgehead atoms. The quantitative estimate of drug-likeness (QED) is 0.623. The maximum absolute atomic E-state index is 14.4. The van der Waals surface area contributed by atoms with E-state index < -0.39 is 54.1 Å². The summed E-state index contributed by atoms with van der Waals surface area (Å²) in [4.78, 5) is 27.1. The van der Waals surface area contributed by atoms with Gasteiger partial charge in [0.2, 0.25) is 5.91 Å². The molecule has 1 fully saturated rings. The van der Waals surface area contributed by atoms with Crippen LogP contribution in [-0.4, -0.2) is 53.9 Å². The van der Waals surface area contributed by atoms with Gasteiger partial charge in [-0.1, -0.05) is 30.3 Å². The minimum Gasteiger partial charge on any atom is -0.410 e. The molecular weight excluding hydrogens is 454 g/mol. The molecule has 3 unspecified atom stereocenters. The SMILES string of the molecule is C[C@@H](NC(=O)[C@@H](Cc1ccccc1)N1Cc2c(ccc(F)c2F)OC1=O)C1NCC(F)CC1F. The molecular formula is C24H25F4N3O3. The van der Waals surface area contributed by atoms with Gasteiger partial charge in [0.05, 0.1) is 18.2 Å². The zero-order valence-electron chi connectivity index (χ0n) is 18.4. The first-order valence-electron chi connectivity index (χ1n) is 11.1. The van der Waals surface area contributed by atoms with Crippen LogP contribution in [0.2, 0.25) is 0 Å². The van der Waals surface area contributed by atoms with Crippen LogP contribution in [0, 0.1) is 11.6 Å². The van der Waals surface area contributed by atoms with Gasteiger partial charge in [0, 0.05) is 25.4 Å². The van der Waals surface area contributed by atoms with E-state index in [9.17, 15) is 27.2 Å². The molecule has 5 atom stereocenters. The Morgan fingerprint density at radius 1 is 1.21 bits per heavy atom. The van der Waals surface area contributed by atoms with Crippen LogP contribution in [0.25, 0.3) is 0 Å². The summed E-state index contributed by atoms with van der Waals surface area (Å²) >= 11 is 0. The van der Waals surface area contributed by atoms with E-state index in [4.69, 9.17) is 4.74 Å². The van der Waals surface area contributed by atoms with E-state index in [1.807, 2.05) is 0 Å². The zero-order valence-corrected chi connectivity index (χ0v) is 18.4. The maximum Gasteiger partial charge on any atom is 0.416 e. The Balaban J connectivity index is 1.58. The molecule has 2 heterocycles. The van der Waals surface area contributed by atoms with Crippen molar-refractivity contribution in [1.82, 2.24) is 15.5 Å². The van der Waals surface area contributed by atoms with Crippen molar-refractivity contribution < 1.29 is 31.9 Å². The molecule has 10 heteroatoms. The smallest absolute Gasteiger partial charge is 0.410 e. The number of nitrogens with zero attached hydrogens (tertiary/aromatic N) is 1. The van der Waals surface area contributed by atoms with E-state index in [1.165, 1.54) is 0 Å². The third kappa shape index (κ3) is 5.01. The number of amides is 2. The van der Waals surface area contributed by atoms with Gasteiger partial charge in [-0.05, 0) is 24.6 Å². The van der Waals surface area contributed by atoms with Crippen LogP contribution in [0.15, 0.2) is 42.5 Å². The van der Waals surface area contributed by atoms with Gasteiger partial charge >= 0.3 is 6.09 Å². The van der Waals surface area contributed by atoms with Crippen LogP contribution >= 0.6 is 0 Å². The minimum atomic E-state index is -1.50. The molecule has 4 rings (SSSR count). The van der Waals surface area contributed by atoms with Crippen LogP contribution < -0.4 is 15.4 Å². The number of alkyl halides is 2. The predicted molar refractivity (Wildman–Crippen MR) is 116 cm³/mol.